The van der Waals surface area contributed by atoms with E-state index >= 15 is 0 Å². The Kier molecular flexibility index (Phi) is 6.87. The van der Waals surface area contributed by atoms with Crippen molar-refractivity contribution in [3.8, 4) is 11.3 Å². The minimum absolute atomic E-state index is 0. The summed E-state index contributed by atoms with van der Waals surface area (Å²) >= 11 is 0. The third kappa shape index (κ3) is 5.07. The molecule has 0 aliphatic carbocycles. The molecule has 1 aromatic heterocycles. The van der Waals surface area contributed by atoms with E-state index in [1.54, 1.807) is 62.5 Å². The third-order valence-corrected chi connectivity index (χ3v) is 4.58. The smallest absolute Gasteiger partial charge is 0.276 e. The van der Waals surface area contributed by atoms with Crippen LogP contribution in [0.2, 0.25) is 0 Å². The predicted octanol–water partition coefficient (Wildman–Crippen LogP) is 3.91. The summed E-state index contributed by atoms with van der Waals surface area (Å²) < 4.78 is 5.03. The van der Waals surface area contributed by atoms with Crippen molar-refractivity contribution < 1.29 is 17.2 Å². The standard InChI is InChI=1S/C23H24N4O3.2H2/c1-16-21(22(28)25-19-10-5-4-6-11-19)26-20(15-24-16)17-8-7-9-18(14-17)23(29)27(2)12-13-30-3;;/h4-11,14-15H,12-13H2,1-3H3,(H,25,28);2*1H. The van der Waals surface area contributed by atoms with Gasteiger partial charge < -0.3 is 15.0 Å². The highest BCUT2D eigenvalue weighted by Crippen LogP contribution is 2.20. The van der Waals surface area contributed by atoms with Gasteiger partial charge in [0.15, 0.2) is 0 Å². The van der Waals surface area contributed by atoms with Crippen LogP contribution in [0.4, 0.5) is 5.69 Å². The minimum Gasteiger partial charge on any atom is -0.383 e. The van der Waals surface area contributed by atoms with Crippen LogP contribution in [-0.4, -0.2) is 54.0 Å². The molecular weight excluding hydrogens is 380 g/mol. The first-order valence-corrected chi connectivity index (χ1v) is 9.54. The number of methoxy groups -OCH3 is 1. The zero-order valence-electron chi connectivity index (χ0n) is 17.3. The number of likely N-dealkylation sites (N-methyl/N-ethyl adjacent to an activating group) is 1. The molecule has 0 aliphatic rings. The zero-order valence-corrected chi connectivity index (χ0v) is 17.3. The fourth-order valence-electron chi connectivity index (χ4n) is 2.88. The number of aromatic nitrogens is 2. The van der Waals surface area contributed by atoms with Gasteiger partial charge in [0.25, 0.3) is 11.8 Å². The summed E-state index contributed by atoms with van der Waals surface area (Å²) in [6.45, 7) is 2.69. The number of aryl methyl sites for hydroxylation is 1. The van der Waals surface area contributed by atoms with Crippen molar-refractivity contribution in [3.05, 3.63) is 77.7 Å². The monoisotopic (exact) mass is 408 g/mol. The molecule has 7 heteroatoms. The van der Waals surface area contributed by atoms with Gasteiger partial charge in [-0.25, -0.2) is 4.98 Å². The van der Waals surface area contributed by atoms with Crippen molar-refractivity contribution in [2.24, 2.45) is 0 Å². The Morgan fingerprint density at radius 2 is 1.90 bits per heavy atom. The zero-order chi connectivity index (χ0) is 21.5. The number of ether oxygens (including phenoxy) is 1. The average Bonchev–Trinajstić information content (AvgIpc) is 2.78. The van der Waals surface area contributed by atoms with Gasteiger partial charge in [-0.1, -0.05) is 30.3 Å². The quantitative estimate of drug-likeness (QED) is 0.641. The van der Waals surface area contributed by atoms with Gasteiger partial charge in [0.05, 0.1) is 24.2 Å². The summed E-state index contributed by atoms with van der Waals surface area (Å²) in [6, 6.07) is 16.3. The summed E-state index contributed by atoms with van der Waals surface area (Å²) in [5.74, 6) is -0.449. The summed E-state index contributed by atoms with van der Waals surface area (Å²) in [5, 5.41) is 2.83. The van der Waals surface area contributed by atoms with Crippen molar-refractivity contribution in [2.75, 3.05) is 32.6 Å². The van der Waals surface area contributed by atoms with Gasteiger partial charge in [0.2, 0.25) is 0 Å². The number of benzene rings is 2. The molecule has 3 aromatic rings. The van der Waals surface area contributed by atoms with Gasteiger partial charge in [-0.15, -0.1) is 0 Å². The van der Waals surface area contributed by atoms with E-state index in [9.17, 15) is 9.59 Å². The molecule has 30 heavy (non-hydrogen) atoms. The van der Waals surface area contributed by atoms with Crippen LogP contribution in [-0.2, 0) is 4.74 Å². The first-order chi connectivity index (χ1) is 14.5. The Morgan fingerprint density at radius 1 is 1.13 bits per heavy atom. The molecule has 3 rings (SSSR count). The molecule has 0 radical (unpaired) electrons. The van der Waals surface area contributed by atoms with Crippen LogP contribution >= 0.6 is 0 Å². The number of anilines is 1. The molecule has 0 atom stereocenters. The SMILES string of the molecule is COCCN(C)C(=O)c1cccc(-c2cnc(C)c(C(=O)Nc3ccccc3)n2)c1.[HH].[HH]. The molecule has 0 saturated heterocycles. The lowest BCUT2D eigenvalue weighted by Gasteiger charge is -2.17. The highest BCUT2D eigenvalue weighted by Gasteiger charge is 2.16. The fourth-order valence-corrected chi connectivity index (χ4v) is 2.88. The second-order valence-electron chi connectivity index (χ2n) is 6.81. The Labute approximate surface area is 178 Å². The van der Waals surface area contributed by atoms with Crippen LogP contribution in [0.25, 0.3) is 11.3 Å². The van der Waals surface area contributed by atoms with E-state index in [0.717, 1.165) is 0 Å². The lowest BCUT2D eigenvalue weighted by molar-refractivity contribution is 0.0744. The van der Waals surface area contributed by atoms with Gasteiger partial charge in [-0.2, -0.15) is 0 Å². The molecule has 2 aromatic carbocycles. The molecule has 158 valence electrons. The summed E-state index contributed by atoms with van der Waals surface area (Å²) in [5.41, 5.74) is 3.21. The maximum atomic E-state index is 12.7. The van der Waals surface area contributed by atoms with Crippen molar-refractivity contribution in [1.29, 1.82) is 0 Å². The van der Waals surface area contributed by atoms with Crippen molar-refractivity contribution in [1.82, 2.24) is 14.9 Å². The third-order valence-electron chi connectivity index (χ3n) is 4.58. The Hall–Kier alpha value is -3.58. The number of hydrogen-bond acceptors (Lipinski definition) is 5. The first kappa shape index (κ1) is 21.1. The molecule has 1 heterocycles. The molecule has 2 amide bonds. The maximum absolute atomic E-state index is 12.7. The summed E-state index contributed by atoms with van der Waals surface area (Å²) in [6.07, 6.45) is 1.60. The minimum atomic E-state index is -0.334. The van der Waals surface area contributed by atoms with Crippen LogP contribution in [0.5, 0.6) is 0 Å². The Bertz CT molecular complexity index is 1050. The maximum Gasteiger partial charge on any atom is 0.276 e. The molecule has 0 aliphatic heterocycles. The second kappa shape index (κ2) is 9.76. The number of nitrogens with zero attached hydrogens (tertiary/aromatic N) is 3. The Balaban J connectivity index is 0.00000256. The second-order valence-corrected chi connectivity index (χ2v) is 6.81. The number of carbonyl (C=O) groups excluding carboxylic acids is 2. The number of nitrogens with one attached hydrogen (secondary N) is 1. The molecule has 7 nitrogen and oxygen atoms in total. The van der Waals surface area contributed by atoms with Crippen molar-refractivity contribution in [2.45, 2.75) is 6.92 Å². The van der Waals surface area contributed by atoms with Gasteiger partial charge in [0, 0.05) is 40.4 Å². The molecule has 0 saturated carbocycles. The van der Waals surface area contributed by atoms with Crippen LogP contribution in [0.15, 0.2) is 60.8 Å². The predicted molar refractivity (Wildman–Crippen MR) is 120 cm³/mol. The highest BCUT2D eigenvalue weighted by atomic mass is 16.5. The Morgan fingerprint density at radius 3 is 2.63 bits per heavy atom. The number of hydrogen-bond donors (Lipinski definition) is 1. The van der Waals surface area contributed by atoms with Gasteiger partial charge in [0.1, 0.15) is 5.69 Å². The number of para-hydroxylation sites is 1. The van der Waals surface area contributed by atoms with Crippen LogP contribution < -0.4 is 5.32 Å². The summed E-state index contributed by atoms with van der Waals surface area (Å²) in [4.78, 5) is 35.8. The molecule has 1 N–H and O–H groups in total. The van der Waals surface area contributed by atoms with E-state index in [2.05, 4.69) is 15.3 Å². The number of amides is 2. The highest BCUT2D eigenvalue weighted by molar-refractivity contribution is 6.03. The first-order valence-electron chi connectivity index (χ1n) is 9.54. The van der Waals surface area contributed by atoms with E-state index in [4.69, 9.17) is 4.74 Å². The topological polar surface area (TPSA) is 84.4 Å². The van der Waals surface area contributed by atoms with Gasteiger partial charge in [-0.05, 0) is 31.2 Å². The van der Waals surface area contributed by atoms with Crippen molar-refractivity contribution >= 4 is 17.5 Å². The van der Waals surface area contributed by atoms with Crippen molar-refractivity contribution in [3.63, 3.8) is 0 Å². The van der Waals surface area contributed by atoms with Crippen LogP contribution in [0.1, 0.15) is 29.4 Å². The van der Waals surface area contributed by atoms with E-state index < -0.39 is 0 Å². The molecule has 0 spiro atoms. The molecule has 0 unspecified atom stereocenters. The van der Waals surface area contributed by atoms with Crippen LogP contribution in [0.3, 0.4) is 0 Å². The van der Waals surface area contributed by atoms with E-state index in [0.29, 0.717) is 41.4 Å². The van der Waals surface area contributed by atoms with E-state index in [-0.39, 0.29) is 20.4 Å². The normalized spacial score (nSPS) is 10.5. The van der Waals surface area contributed by atoms with Gasteiger partial charge in [-0.3, -0.25) is 14.6 Å². The largest absolute Gasteiger partial charge is 0.383 e. The molecular formula is C23H28N4O3. The van der Waals surface area contributed by atoms with Gasteiger partial charge >= 0.3 is 0 Å². The lowest BCUT2D eigenvalue weighted by atomic mass is 10.1. The fraction of sp³-hybridized carbons (Fsp3) is 0.217. The van der Waals surface area contributed by atoms with E-state index in [1.165, 1.54) is 0 Å². The average molecular weight is 409 g/mol. The number of rotatable bonds is 7. The van der Waals surface area contributed by atoms with E-state index in [1.807, 2.05) is 24.3 Å². The summed E-state index contributed by atoms with van der Waals surface area (Å²) in [7, 11) is 3.33. The molecule has 0 bridgehead atoms. The molecule has 0 fully saturated rings. The van der Waals surface area contributed by atoms with Crippen LogP contribution in [0, 0.1) is 6.92 Å². The lowest BCUT2D eigenvalue weighted by Crippen LogP contribution is -2.29. The number of carbonyl (C=O) groups is 2.